The minimum Gasteiger partial charge on any atom is -0.490 e. The van der Waals surface area contributed by atoms with E-state index in [1.165, 1.54) is 30.5 Å². The summed E-state index contributed by atoms with van der Waals surface area (Å²) in [4.78, 5) is 3.47. The Morgan fingerprint density at radius 1 is 1.23 bits per heavy atom. The molecule has 8 heteroatoms. The zero-order chi connectivity index (χ0) is 18.9. The number of aromatic nitrogens is 2. The van der Waals surface area contributed by atoms with Crippen molar-refractivity contribution >= 4 is 10.9 Å². The highest BCUT2D eigenvalue weighted by molar-refractivity contribution is 5.87. The number of alkyl halides is 3. The summed E-state index contributed by atoms with van der Waals surface area (Å²) in [5.74, 6) is -0.263. The van der Waals surface area contributed by atoms with E-state index < -0.39 is 23.3 Å². The number of rotatable bonds is 4. The molecule has 0 radical (unpaired) electrons. The molecule has 1 aromatic carbocycles. The number of halogens is 4. The van der Waals surface area contributed by atoms with Crippen LogP contribution in [0.25, 0.3) is 10.9 Å². The first-order valence-corrected chi connectivity index (χ1v) is 7.65. The SMILES string of the molecule is Cc1cc2c(C(F)(F)F)c(C#N)ccc2n1CCOc1ccc(F)nc1. The molecular formula is C18H13F4N3O. The Labute approximate surface area is 146 Å². The predicted octanol–water partition coefficient (Wildman–Crippen LogP) is 4.45. The normalized spacial score (nSPS) is 11.5. The maximum atomic E-state index is 13.4. The molecule has 2 aromatic heterocycles. The first-order valence-electron chi connectivity index (χ1n) is 7.65. The van der Waals surface area contributed by atoms with E-state index in [9.17, 15) is 17.6 Å². The number of pyridine rings is 1. The van der Waals surface area contributed by atoms with Crippen molar-refractivity contribution in [3.63, 3.8) is 0 Å². The van der Waals surface area contributed by atoms with Gasteiger partial charge >= 0.3 is 6.18 Å². The average molecular weight is 363 g/mol. The number of hydrogen-bond acceptors (Lipinski definition) is 3. The molecule has 3 aromatic rings. The molecule has 0 atom stereocenters. The van der Waals surface area contributed by atoms with Gasteiger partial charge in [-0.15, -0.1) is 0 Å². The third kappa shape index (κ3) is 3.33. The van der Waals surface area contributed by atoms with E-state index in [-0.39, 0.29) is 18.5 Å². The van der Waals surface area contributed by atoms with Crippen LogP contribution in [0.15, 0.2) is 36.5 Å². The van der Waals surface area contributed by atoms with Gasteiger partial charge in [0.25, 0.3) is 0 Å². The van der Waals surface area contributed by atoms with E-state index in [4.69, 9.17) is 10.00 Å². The third-order valence-electron chi connectivity index (χ3n) is 3.98. The summed E-state index contributed by atoms with van der Waals surface area (Å²) < 4.78 is 60.1. The lowest BCUT2D eigenvalue weighted by molar-refractivity contribution is -0.136. The van der Waals surface area contributed by atoms with Crippen molar-refractivity contribution in [2.24, 2.45) is 0 Å². The molecule has 0 N–H and O–H groups in total. The molecule has 0 aliphatic rings. The lowest BCUT2D eigenvalue weighted by Gasteiger charge is -2.12. The molecule has 0 fully saturated rings. The van der Waals surface area contributed by atoms with Crippen molar-refractivity contribution in [2.75, 3.05) is 6.61 Å². The van der Waals surface area contributed by atoms with Crippen LogP contribution >= 0.6 is 0 Å². The minimum absolute atomic E-state index is 0.0162. The van der Waals surface area contributed by atoms with Gasteiger partial charge in [0, 0.05) is 16.6 Å². The molecule has 0 unspecified atom stereocenters. The van der Waals surface area contributed by atoms with Gasteiger partial charge in [0.2, 0.25) is 5.95 Å². The van der Waals surface area contributed by atoms with Crippen LogP contribution in [0.4, 0.5) is 17.6 Å². The second-order valence-electron chi connectivity index (χ2n) is 5.63. The number of nitriles is 1. The fraction of sp³-hybridized carbons (Fsp3) is 0.222. The van der Waals surface area contributed by atoms with E-state index in [1.54, 1.807) is 17.6 Å². The van der Waals surface area contributed by atoms with E-state index >= 15 is 0 Å². The quantitative estimate of drug-likeness (QED) is 0.508. The number of fused-ring (bicyclic) bond motifs is 1. The first kappa shape index (κ1) is 17.7. The predicted molar refractivity (Wildman–Crippen MR) is 86.1 cm³/mol. The van der Waals surface area contributed by atoms with Gasteiger partial charge in [0.15, 0.2) is 0 Å². The van der Waals surface area contributed by atoms with Crippen molar-refractivity contribution in [1.29, 1.82) is 5.26 Å². The largest absolute Gasteiger partial charge is 0.490 e. The number of benzene rings is 1. The highest BCUT2D eigenvalue weighted by Gasteiger charge is 2.36. The Kier molecular flexibility index (Phi) is 4.55. The Morgan fingerprint density at radius 2 is 2.00 bits per heavy atom. The summed E-state index contributed by atoms with van der Waals surface area (Å²) in [5, 5.41) is 8.98. The third-order valence-corrected chi connectivity index (χ3v) is 3.98. The lowest BCUT2D eigenvalue weighted by atomic mass is 10.0. The molecular weight excluding hydrogens is 350 g/mol. The van der Waals surface area contributed by atoms with E-state index in [2.05, 4.69) is 4.98 Å². The van der Waals surface area contributed by atoms with Gasteiger partial charge in [0.05, 0.1) is 29.9 Å². The maximum Gasteiger partial charge on any atom is 0.418 e. The second kappa shape index (κ2) is 6.67. The van der Waals surface area contributed by atoms with Crippen molar-refractivity contribution in [3.8, 4) is 11.8 Å². The fourth-order valence-corrected chi connectivity index (χ4v) is 2.86. The van der Waals surface area contributed by atoms with Gasteiger partial charge in [-0.25, -0.2) is 4.98 Å². The Bertz CT molecular complexity index is 985. The van der Waals surface area contributed by atoms with Gasteiger partial charge in [0.1, 0.15) is 12.4 Å². The van der Waals surface area contributed by atoms with Gasteiger partial charge < -0.3 is 9.30 Å². The first-order chi connectivity index (χ1) is 12.3. The van der Waals surface area contributed by atoms with E-state index in [0.29, 0.717) is 17.0 Å². The Hall–Kier alpha value is -3.08. The highest BCUT2D eigenvalue weighted by Crippen LogP contribution is 2.38. The van der Waals surface area contributed by atoms with E-state index in [0.717, 1.165) is 6.07 Å². The van der Waals surface area contributed by atoms with Crippen LogP contribution in [0.5, 0.6) is 5.75 Å². The summed E-state index contributed by atoms with van der Waals surface area (Å²) in [6, 6.07) is 8.26. The number of nitrogens with zero attached hydrogens (tertiary/aromatic N) is 3. The molecule has 0 saturated heterocycles. The molecule has 0 aliphatic carbocycles. The summed E-state index contributed by atoms with van der Waals surface area (Å²) in [5.41, 5.74) is -0.352. The molecule has 0 spiro atoms. The lowest BCUT2D eigenvalue weighted by Crippen LogP contribution is -2.11. The van der Waals surface area contributed by atoms with Crippen LogP contribution in [0.2, 0.25) is 0 Å². The summed E-state index contributed by atoms with van der Waals surface area (Å²) in [6.45, 7) is 2.14. The Morgan fingerprint density at radius 3 is 2.62 bits per heavy atom. The average Bonchev–Trinajstić information content (AvgIpc) is 2.90. The smallest absolute Gasteiger partial charge is 0.418 e. The molecule has 26 heavy (non-hydrogen) atoms. The zero-order valence-corrected chi connectivity index (χ0v) is 13.6. The molecule has 0 aliphatic heterocycles. The van der Waals surface area contributed by atoms with Crippen molar-refractivity contribution in [3.05, 3.63) is 59.3 Å². The van der Waals surface area contributed by atoms with Crippen LogP contribution in [-0.2, 0) is 12.7 Å². The van der Waals surface area contributed by atoms with Crippen LogP contribution in [0, 0.1) is 24.2 Å². The summed E-state index contributed by atoms with van der Waals surface area (Å²) in [6.07, 6.45) is -3.39. The highest BCUT2D eigenvalue weighted by atomic mass is 19.4. The monoisotopic (exact) mass is 363 g/mol. The van der Waals surface area contributed by atoms with Crippen molar-refractivity contribution in [2.45, 2.75) is 19.6 Å². The molecule has 0 saturated carbocycles. The van der Waals surface area contributed by atoms with Crippen molar-refractivity contribution in [1.82, 2.24) is 9.55 Å². The van der Waals surface area contributed by atoms with Crippen LogP contribution < -0.4 is 4.74 Å². The molecule has 0 bridgehead atoms. The second-order valence-corrected chi connectivity index (χ2v) is 5.63. The fourth-order valence-electron chi connectivity index (χ4n) is 2.86. The van der Waals surface area contributed by atoms with Crippen LogP contribution in [-0.4, -0.2) is 16.2 Å². The zero-order valence-electron chi connectivity index (χ0n) is 13.6. The van der Waals surface area contributed by atoms with E-state index in [1.807, 2.05) is 0 Å². The molecule has 0 amide bonds. The maximum absolute atomic E-state index is 13.4. The standard InChI is InChI=1S/C18H13F4N3O/c1-11-8-14-15(4-2-12(9-23)17(14)18(20,21)22)25(11)6-7-26-13-3-5-16(19)24-10-13/h2-5,8,10H,6-7H2,1H3. The Balaban J connectivity index is 1.91. The molecule has 4 nitrogen and oxygen atoms in total. The molecule has 2 heterocycles. The summed E-state index contributed by atoms with van der Waals surface area (Å²) in [7, 11) is 0. The van der Waals surface area contributed by atoms with Crippen LogP contribution in [0.1, 0.15) is 16.8 Å². The number of hydrogen-bond donors (Lipinski definition) is 0. The topological polar surface area (TPSA) is 50.8 Å². The molecule has 134 valence electrons. The van der Waals surface area contributed by atoms with Gasteiger partial charge in [-0.05, 0) is 37.3 Å². The molecule has 3 rings (SSSR count). The van der Waals surface area contributed by atoms with Gasteiger partial charge in [-0.2, -0.15) is 22.8 Å². The minimum atomic E-state index is -4.63. The van der Waals surface area contributed by atoms with Gasteiger partial charge in [-0.3, -0.25) is 0 Å². The van der Waals surface area contributed by atoms with Crippen molar-refractivity contribution < 1.29 is 22.3 Å². The van der Waals surface area contributed by atoms with Crippen LogP contribution in [0.3, 0.4) is 0 Å². The summed E-state index contributed by atoms with van der Waals surface area (Å²) >= 11 is 0. The van der Waals surface area contributed by atoms with Gasteiger partial charge in [-0.1, -0.05) is 0 Å². The number of ether oxygens (including phenoxy) is 1. The number of aryl methyl sites for hydroxylation is 1.